The predicted octanol–water partition coefficient (Wildman–Crippen LogP) is 2.63. The van der Waals surface area contributed by atoms with Gasteiger partial charge >= 0.3 is 0 Å². The Bertz CT molecular complexity index is 710. The second-order valence-corrected chi connectivity index (χ2v) is 4.10. The van der Waals surface area contributed by atoms with Crippen molar-refractivity contribution in [3.8, 4) is 5.88 Å². The highest BCUT2D eigenvalue weighted by atomic mass is 35.5. The number of benzene rings is 1. The third-order valence-corrected chi connectivity index (χ3v) is 2.68. The molecule has 3 rings (SSSR count). The van der Waals surface area contributed by atoms with Crippen molar-refractivity contribution in [2.75, 3.05) is 0 Å². The molecule has 0 atom stereocenters. The molecular weight excluding hydrogens is 252 g/mol. The Morgan fingerprint density at radius 1 is 1.22 bits per heavy atom. The molecule has 6 heteroatoms. The van der Waals surface area contributed by atoms with Crippen LogP contribution in [0.2, 0.25) is 5.15 Å². The lowest BCUT2D eigenvalue weighted by Crippen LogP contribution is -2.08. The molecule has 3 aromatic rings. The fraction of sp³-hybridized carbons (Fsp3) is 0.0833. The topological polar surface area (TPSA) is 52.8 Å². The van der Waals surface area contributed by atoms with Crippen LogP contribution in [-0.2, 0) is 0 Å². The zero-order valence-electron chi connectivity index (χ0n) is 9.54. The zero-order chi connectivity index (χ0) is 12.5. The number of para-hydroxylation sites is 2. The van der Waals surface area contributed by atoms with Crippen LogP contribution >= 0.6 is 11.6 Å². The van der Waals surface area contributed by atoms with E-state index in [1.807, 2.05) is 31.2 Å². The van der Waals surface area contributed by atoms with Gasteiger partial charge in [0.05, 0.1) is 5.52 Å². The predicted molar refractivity (Wildman–Crippen MR) is 67.5 cm³/mol. The zero-order valence-corrected chi connectivity index (χ0v) is 10.3. The molecule has 0 unspecified atom stereocenters. The normalized spacial score (nSPS) is 10.8. The SMILES string of the molecule is Cc1nc2ccccc2n1Oc1cc(Cl)ncn1. The molecule has 0 saturated heterocycles. The van der Waals surface area contributed by atoms with Gasteiger partial charge in [0.1, 0.15) is 22.8 Å². The number of hydrogen-bond donors (Lipinski definition) is 0. The third kappa shape index (κ3) is 1.89. The summed E-state index contributed by atoms with van der Waals surface area (Å²) in [5.41, 5.74) is 1.75. The van der Waals surface area contributed by atoms with Crippen LogP contribution in [0.1, 0.15) is 5.82 Å². The minimum Gasteiger partial charge on any atom is -0.353 e. The fourth-order valence-corrected chi connectivity index (χ4v) is 1.84. The van der Waals surface area contributed by atoms with E-state index in [0.29, 0.717) is 11.0 Å². The maximum atomic E-state index is 5.79. The van der Waals surface area contributed by atoms with Crippen LogP contribution in [0.15, 0.2) is 36.7 Å². The Morgan fingerprint density at radius 2 is 2.06 bits per heavy atom. The van der Waals surface area contributed by atoms with E-state index in [9.17, 15) is 0 Å². The lowest BCUT2D eigenvalue weighted by atomic mass is 10.3. The van der Waals surface area contributed by atoms with Gasteiger partial charge in [-0.3, -0.25) is 0 Å². The van der Waals surface area contributed by atoms with Crippen molar-refractivity contribution >= 4 is 22.6 Å². The number of hydrogen-bond acceptors (Lipinski definition) is 4. The van der Waals surface area contributed by atoms with Crippen molar-refractivity contribution in [3.63, 3.8) is 0 Å². The first-order valence-corrected chi connectivity index (χ1v) is 5.72. The number of rotatable bonds is 2. The van der Waals surface area contributed by atoms with Gasteiger partial charge < -0.3 is 4.84 Å². The number of aromatic nitrogens is 4. The second kappa shape index (κ2) is 4.27. The number of halogens is 1. The van der Waals surface area contributed by atoms with Crippen molar-refractivity contribution in [3.05, 3.63) is 47.6 Å². The van der Waals surface area contributed by atoms with Crippen LogP contribution in [0, 0.1) is 6.92 Å². The van der Waals surface area contributed by atoms with Gasteiger partial charge in [-0.05, 0) is 19.1 Å². The van der Waals surface area contributed by atoms with Gasteiger partial charge in [0.15, 0.2) is 0 Å². The van der Waals surface area contributed by atoms with E-state index in [0.717, 1.165) is 16.9 Å². The molecule has 5 nitrogen and oxygen atoms in total. The molecule has 2 aromatic heterocycles. The average molecular weight is 261 g/mol. The van der Waals surface area contributed by atoms with E-state index >= 15 is 0 Å². The third-order valence-electron chi connectivity index (χ3n) is 2.47. The van der Waals surface area contributed by atoms with Crippen LogP contribution in [0.4, 0.5) is 0 Å². The van der Waals surface area contributed by atoms with Crippen molar-refractivity contribution in [1.29, 1.82) is 0 Å². The monoisotopic (exact) mass is 260 g/mol. The summed E-state index contributed by atoms with van der Waals surface area (Å²) in [4.78, 5) is 17.9. The molecule has 1 aromatic carbocycles. The first kappa shape index (κ1) is 11.0. The van der Waals surface area contributed by atoms with Crippen LogP contribution in [0.5, 0.6) is 5.88 Å². The first-order chi connectivity index (χ1) is 8.74. The Hall–Kier alpha value is -2.14. The first-order valence-electron chi connectivity index (χ1n) is 5.34. The fourth-order valence-electron chi connectivity index (χ4n) is 1.70. The van der Waals surface area contributed by atoms with Crippen molar-refractivity contribution in [2.45, 2.75) is 6.92 Å². The van der Waals surface area contributed by atoms with Gasteiger partial charge in [-0.25, -0.2) is 9.97 Å². The van der Waals surface area contributed by atoms with Gasteiger partial charge in [-0.2, -0.15) is 9.71 Å². The maximum absolute atomic E-state index is 5.79. The lowest BCUT2D eigenvalue weighted by Gasteiger charge is -2.07. The quantitative estimate of drug-likeness (QED) is 0.665. The van der Waals surface area contributed by atoms with E-state index in [-0.39, 0.29) is 0 Å². The van der Waals surface area contributed by atoms with E-state index < -0.39 is 0 Å². The van der Waals surface area contributed by atoms with Gasteiger partial charge in [-0.1, -0.05) is 23.7 Å². The lowest BCUT2D eigenvalue weighted by molar-refractivity contribution is 0.210. The molecule has 0 N–H and O–H groups in total. The summed E-state index contributed by atoms with van der Waals surface area (Å²) in [6, 6.07) is 9.26. The Kier molecular flexibility index (Phi) is 2.60. The molecule has 0 saturated carbocycles. The molecule has 0 aliphatic carbocycles. The minimum atomic E-state index is 0.335. The summed E-state index contributed by atoms with van der Waals surface area (Å²) in [7, 11) is 0. The highest BCUT2D eigenvalue weighted by Gasteiger charge is 2.09. The van der Waals surface area contributed by atoms with Gasteiger partial charge in [-0.15, -0.1) is 0 Å². The highest BCUT2D eigenvalue weighted by molar-refractivity contribution is 6.29. The Balaban J connectivity index is 2.07. The molecule has 90 valence electrons. The number of imidazole rings is 1. The van der Waals surface area contributed by atoms with Gasteiger partial charge in [0.2, 0.25) is 0 Å². The Morgan fingerprint density at radius 3 is 2.89 bits per heavy atom. The number of nitrogens with zero attached hydrogens (tertiary/aromatic N) is 4. The van der Waals surface area contributed by atoms with E-state index in [4.69, 9.17) is 16.4 Å². The minimum absolute atomic E-state index is 0.335. The molecule has 18 heavy (non-hydrogen) atoms. The van der Waals surface area contributed by atoms with E-state index in [1.165, 1.54) is 6.33 Å². The summed E-state index contributed by atoms with van der Waals surface area (Å²) < 4.78 is 1.62. The largest absolute Gasteiger partial charge is 0.353 e. The van der Waals surface area contributed by atoms with Gasteiger partial charge in [0.25, 0.3) is 5.88 Å². The van der Waals surface area contributed by atoms with Crippen LogP contribution in [0.3, 0.4) is 0 Å². The standard InChI is InChI=1S/C12H9ClN4O/c1-8-16-9-4-2-3-5-10(9)17(8)18-12-6-11(13)14-7-15-12/h2-7H,1H3. The smallest absolute Gasteiger partial charge is 0.251 e. The number of fused-ring (bicyclic) bond motifs is 1. The summed E-state index contributed by atoms with van der Waals surface area (Å²) >= 11 is 5.79. The summed E-state index contributed by atoms with van der Waals surface area (Å²) in [5, 5.41) is 0.335. The van der Waals surface area contributed by atoms with E-state index in [1.54, 1.807) is 10.8 Å². The summed E-state index contributed by atoms with van der Waals surface area (Å²) in [6.07, 6.45) is 1.35. The summed E-state index contributed by atoms with van der Waals surface area (Å²) in [5.74, 6) is 1.12. The van der Waals surface area contributed by atoms with Gasteiger partial charge in [0, 0.05) is 6.07 Å². The Labute approximate surface area is 108 Å². The summed E-state index contributed by atoms with van der Waals surface area (Å²) in [6.45, 7) is 1.86. The molecule has 2 heterocycles. The molecular formula is C12H9ClN4O. The van der Waals surface area contributed by atoms with Crippen molar-refractivity contribution in [2.24, 2.45) is 0 Å². The average Bonchev–Trinajstić information content (AvgIpc) is 2.66. The van der Waals surface area contributed by atoms with Crippen LogP contribution in [0.25, 0.3) is 11.0 Å². The molecule has 0 fully saturated rings. The van der Waals surface area contributed by atoms with E-state index in [2.05, 4.69) is 15.0 Å². The molecule has 0 bridgehead atoms. The van der Waals surface area contributed by atoms with Crippen LogP contribution in [-0.4, -0.2) is 19.7 Å². The second-order valence-electron chi connectivity index (χ2n) is 3.71. The molecule has 0 spiro atoms. The van der Waals surface area contributed by atoms with Crippen LogP contribution < -0.4 is 4.84 Å². The maximum Gasteiger partial charge on any atom is 0.251 e. The molecule has 0 amide bonds. The molecule has 0 aliphatic rings. The highest BCUT2D eigenvalue weighted by Crippen LogP contribution is 2.18. The molecule has 0 aliphatic heterocycles. The number of aryl methyl sites for hydroxylation is 1. The van der Waals surface area contributed by atoms with Crippen molar-refractivity contribution < 1.29 is 4.84 Å². The molecule has 0 radical (unpaired) electrons. The van der Waals surface area contributed by atoms with Crippen molar-refractivity contribution in [1.82, 2.24) is 19.7 Å².